The largest absolute Gasteiger partial charge is 0.350 e. The molecule has 0 saturated heterocycles. The van der Waals surface area contributed by atoms with Gasteiger partial charge in [-0.15, -0.1) is 0 Å². The number of nitrogens with zero attached hydrogens (tertiary/aromatic N) is 3. The van der Waals surface area contributed by atoms with Crippen LogP contribution in [-0.4, -0.2) is 21.9 Å². The Morgan fingerprint density at radius 1 is 1.17 bits per heavy atom. The van der Waals surface area contributed by atoms with Gasteiger partial charge in [-0.05, 0) is 48.6 Å². The molecule has 0 bridgehead atoms. The van der Waals surface area contributed by atoms with Gasteiger partial charge < -0.3 is 10.6 Å². The van der Waals surface area contributed by atoms with Crippen LogP contribution in [-0.2, 0) is 19.4 Å². The minimum atomic E-state index is -0.155. The van der Waals surface area contributed by atoms with Crippen LogP contribution in [0.5, 0.6) is 0 Å². The fraction of sp³-hybridized carbons (Fsp3) is 0.217. The molecular formula is C23H21N5O. The maximum Gasteiger partial charge on any atom is 0.251 e. The van der Waals surface area contributed by atoms with E-state index < -0.39 is 0 Å². The molecule has 0 radical (unpaired) electrons. The van der Waals surface area contributed by atoms with Crippen molar-refractivity contribution in [2.24, 2.45) is 0 Å². The van der Waals surface area contributed by atoms with Crippen molar-refractivity contribution in [3.05, 3.63) is 88.7 Å². The Morgan fingerprint density at radius 3 is 2.86 bits per heavy atom. The van der Waals surface area contributed by atoms with Gasteiger partial charge >= 0.3 is 0 Å². The van der Waals surface area contributed by atoms with Crippen molar-refractivity contribution in [2.45, 2.75) is 31.8 Å². The average Bonchev–Trinajstić information content (AvgIpc) is 2.78. The van der Waals surface area contributed by atoms with E-state index in [1.165, 1.54) is 5.56 Å². The van der Waals surface area contributed by atoms with Gasteiger partial charge in [0.2, 0.25) is 5.95 Å². The Hall–Kier alpha value is -3.72. The SMILES string of the molecule is N#Cc1cccc(C(=O)NC2CCc3nc(NCc4ccccc4)ncc3C2)c1. The number of nitrogens with one attached hydrogen (secondary N) is 2. The summed E-state index contributed by atoms with van der Waals surface area (Å²) in [5, 5.41) is 15.3. The molecule has 0 spiro atoms. The first-order valence-corrected chi connectivity index (χ1v) is 9.65. The fourth-order valence-electron chi connectivity index (χ4n) is 3.49. The summed E-state index contributed by atoms with van der Waals surface area (Å²) in [6.45, 7) is 0.681. The summed E-state index contributed by atoms with van der Waals surface area (Å²) >= 11 is 0. The lowest BCUT2D eigenvalue weighted by Gasteiger charge is -2.25. The zero-order chi connectivity index (χ0) is 20.1. The van der Waals surface area contributed by atoms with Gasteiger partial charge in [0.1, 0.15) is 0 Å². The molecule has 29 heavy (non-hydrogen) atoms. The van der Waals surface area contributed by atoms with Crippen LogP contribution < -0.4 is 10.6 Å². The Bertz CT molecular complexity index is 1060. The molecule has 1 atom stereocenters. The maximum atomic E-state index is 12.5. The monoisotopic (exact) mass is 383 g/mol. The lowest BCUT2D eigenvalue weighted by Crippen LogP contribution is -2.39. The number of aromatic nitrogens is 2. The van der Waals surface area contributed by atoms with Crippen LogP contribution in [0.15, 0.2) is 60.8 Å². The Labute approximate surface area is 169 Å². The summed E-state index contributed by atoms with van der Waals surface area (Å²) in [6.07, 6.45) is 4.18. The Kier molecular flexibility index (Phi) is 5.48. The molecule has 2 N–H and O–H groups in total. The van der Waals surface area contributed by atoms with Crippen LogP contribution in [0.25, 0.3) is 0 Å². The minimum absolute atomic E-state index is 0.0347. The van der Waals surface area contributed by atoms with E-state index in [9.17, 15) is 4.79 Å². The molecule has 6 heteroatoms. The van der Waals surface area contributed by atoms with Gasteiger partial charge in [-0.25, -0.2) is 9.97 Å². The molecule has 1 aliphatic rings. The van der Waals surface area contributed by atoms with Gasteiger partial charge in [-0.3, -0.25) is 4.79 Å². The molecule has 0 fully saturated rings. The molecule has 1 aliphatic carbocycles. The third-order valence-electron chi connectivity index (χ3n) is 5.03. The van der Waals surface area contributed by atoms with Gasteiger partial charge in [0.05, 0.1) is 11.6 Å². The summed E-state index contributed by atoms with van der Waals surface area (Å²) < 4.78 is 0. The van der Waals surface area contributed by atoms with Crippen LogP contribution in [0.2, 0.25) is 0 Å². The van der Waals surface area contributed by atoms with Gasteiger partial charge in [0, 0.05) is 30.0 Å². The van der Waals surface area contributed by atoms with Crippen molar-refractivity contribution in [3.63, 3.8) is 0 Å². The number of rotatable bonds is 5. The first kappa shape index (κ1) is 18.6. The number of fused-ring (bicyclic) bond motifs is 1. The van der Waals surface area contributed by atoms with Crippen LogP contribution in [0.1, 0.15) is 39.2 Å². The number of aryl methyl sites for hydroxylation is 1. The first-order chi connectivity index (χ1) is 14.2. The van der Waals surface area contributed by atoms with E-state index in [1.54, 1.807) is 24.3 Å². The first-order valence-electron chi connectivity index (χ1n) is 9.65. The highest BCUT2D eigenvalue weighted by Crippen LogP contribution is 2.21. The van der Waals surface area contributed by atoms with Crippen molar-refractivity contribution < 1.29 is 4.79 Å². The highest BCUT2D eigenvalue weighted by molar-refractivity contribution is 5.94. The van der Waals surface area contributed by atoms with E-state index in [-0.39, 0.29) is 11.9 Å². The molecule has 1 amide bonds. The molecule has 0 saturated carbocycles. The summed E-state index contributed by atoms with van der Waals surface area (Å²) in [7, 11) is 0. The second kappa shape index (κ2) is 8.53. The van der Waals surface area contributed by atoms with Crippen LogP contribution in [0.4, 0.5) is 5.95 Å². The van der Waals surface area contributed by atoms with Crippen molar-refractivity contribution in [3.8, 4) is 6.07 Å². The third-order valence-corrected chi connectivity index (χ3v) is 5.03. The zero-order valence-corrected chi connectivity index (χ0v) is 15.9. The predicted octanol–water partition coefficient (Wildman–Crippen LogP) is 3.25. The van der Waals surface area contributed by atoms with Crippen LogP contribution in [0, 0.1) is 11.3 Å². The Balaban J connectivity index is 1.37. The normalized spacial score (nSPS) is 15.1. The van der Waals surface area contributed by atoms with Crippen molar-refractivity contribution in [1.82, 2.24) is 15.3 Å². The lowest BCUT2D eigenvalue weighted by atomic mass is 9.92. The number of anilines is 1. The highest BCUT2D eigenvalue weighted by atomic mass is 16.1. The zero-order valence-electron chi connectivity index (χ0n) is 15.9. The maximum absolute atomic E-state index is 12.5. The van der Waals surface area contributed by atoms with E-state index in [4.69, 9.17) is 5.26 Å². The van der Waals surface area contributed by atoms with Crippen molar-refractivity contribution >= 4 is 11.9 Å². The molecule has 1 aromatic heterocycles. The second-order valence-corrected chi connectivity index (χ2v) is 7.11. The molecule has 144 valence electrons. The quantitative estimate of drug-likeness (QED) is 0.706. The van der Waals surface area contributed by atoms with E-state index in [2.05, 4.69) is 38.8 Å². The third kappa shape index (κ3) is 4.58. The van der Waals surface area contributed by atoms with Gasteiger partial charge in [0.15, 0.2) is 0 Å². The summed E-state index contributed by atoms with van der Waals surface area (Å²) in [6, 6.07) is 19.0. The highest BCUT2D eigenvalue weighted by Gasteiger charge is 2.22. The fourth-order valence-corrected chi connectivity index (χ4v) is 3.49. The molecule has 2 aromatic carbocycles. The number of carbonyl (C=O) groups excluding carboxylic acids is 1. The van der Waals surface area contributed by atoms with Gasteiger partial charge in [0.25, 0.3) is 5.91 Å². The van der Waals surface area contributed by atoms with Crippen molar-refractivity contribution in [1.29, 1.82) is 5.26 Å². The minimum Gasteiger partial charge on any atom is -0.350 e. The molecule has 3 aromatic rings. The molecule has 6 nitrogen and oxygen atoms in total. The number of hydrogen-bond donors (Lipinski definition) is 2. The van der Waals surface area contributed by atoms with Crippen LogP contribution >= 0.6 is 0 Å². The molecule has 1 unspecified atom stereocenters. The van der Waals surface area contributed by atoms with E-state index in [1.807, 2.05) is 24.4 Å². The summed E-state index contributed by atoms with van der Waals surface area (Å²) in [4.78, 5) is 21.6. The topological polar surface area (TPSA) is 90.7 Å². The number of amides is 1. The van der Waals surface area contributed by atoms with Gasteiger partial charge in [-0.2, -0.15) is 5.26 Å². The standard InChI is InChI=1S/C23H21N5O/c24-13-17-7-4-8-18(11-17)22(29)27-20-9-10-21-19(12-20)15-26-23(28-21)25-14-16-5-2-1-3-6-16/h1-8,11,15,20H,9-10,12,14H2,(H,27,29)(H,25,26,28). The number of hydrogen-bond acceptors (Lipinski definition) is 5. The molecular weight excluding hydrogens is 362 g/mol. The van der Waals surface area contributed by atoms with Crippen LogP contribution in [0.3, 0.4) is 0 Å². The van der Waals surface area contributed by atoms with E-state index >= 15 is 0 Å². The molecule has 4 rings (SSSR count). The number of carbonyl (C=O) groups is 1. The summed E-state index contributed by atoms with van der Waals surface area (Å²) in [5.41, 5.74) is 4.27. The number of benzene rings is 2. The van der Waals surface area contributed by atoms with E-state index in [0.29, 0.717) is 30.0 Å². The second-order valence-electron chi connectivity index (χ2n) is 7.11. The summed E-state index contributed by atoms with van der Waals surface area (Å²) in [5.74, 6) is 0.473. The predicted molar refractivity (Wildman–Crippen MR) is 110 cm³/mol. The van der Waals surface area contributed by atoms with Crippen molar-refractivity contribution in [2.75, 3.05) is 5.32 Å². The lowest BCUT2D eigenvalue weighted by molar-refractivity contribution is 0.0933. The molecule has 1 heterocycles. The number of nitriles is 1. The molecule has 0 aliphatic heterocycles. The van der Waals surface area contributed by atoms with Gasteiger partial charge in [-0.1, -0.05) is 36.4 Å². The van der Waals surface area contributed by atoms with E-state index in [0.717, 1.165) is 24.1 Å². The Morgan fingerprint density at radius 2 is 2.03 bits per heavy atom. The smallest absolute Gasteiger partial charge is 0.251 e. The average molecular weight is 383 g/mol.